The molecule has 2 aromatic rings. The monoisotopic (exact) mass is 308 g/mol. The van der Waals surface area contributed by atoms with Crippen molar-refractivity contribution in [2.24, 2.45) is 7.05 Å². The maximum absolute atomic E-state index is 13.2. The molecule has 112 valence electrons. The average Bonchev–Trinajstić information content (AvgIpc) is 2.89. The van der Waals surface area contributed by atoms with Gasteiger partial charge < -0.3 is 9.88 Å². The number of rotatable bonds is 3. The Bertz CT molecular complexity index is 628. The summed E-state index contributed by atoms with van der Waals surface area (Å²) in [5.74, 6) is 0.727. The number of aromatic nitrogens is 2. The van der Waals surface area contributed by atoms with Crippen molar-refractivity contribution in [3.63, 3.8) is 0 Å². The van der Waals surface area contributed by atoms with E-state index in [1.165, 1.54) is 12.1 Å². The molecule has 0 spiro atoms. The fourth-order valence-electron chi connectivity index (χ4n) is 2.76. The number of halogens is 2. The third kappa shape index (κ3) is 3.10. The normalized spacial score (nSPS) is 19.9. The smallest absolute Gasteiger partial charge is 0.127 e. The van der Waals surface area contributed by atoms with Gasteiger partial charge in [-0.3, -0.25) is 4.90 Å². The Labute approximate surface area is 128 Å². The lowest BCUT2D eigenvalue weighted by molar-refractivity contribution is 0.145. The van der Waals surface area contributed by atoms with Crippen molar-refractivity contribution in [3.8, 4) is 0 Å². The van der Waals surface area contributed by atoms with Crippen LogP contribution in [0.2, 0.25) is 5.02 Å². The minimum Gasteiger partial charge on any atom is -0.337 e. The largest absolute Gasteiger partial charge is 0.337 e. The van der Waals surface area contributed by atoms with Crippen LogP contribution in [0.25, 0.3) is 0 Å². The molecular weight excluding hydrogens is 291 g/mol. The number of hydrogen-bond acceptors (Lipinski definition) is 3. The van der Waals surface area contributed by atoms with E-state index >= 15 is 0 Å². The van der Waals surface area contributed by atoms with Crippen LogP contribution >= 0.6 is 11.6 Å². The van der Waals surface area contributed by atoms with Gasteiger partial charge in [-0.1, -0.05) is 17.7 Å². The van der Waals surface area contributed by atoms with Crippen molar-refractivity contribution in [1.82, 2.24) is 19.8 Å². The fourth-order valence-corrected chi connectivity index (χ4v) is 2.98. The van der Waals surface area contributed by atoms with E-state index in [-0.39, 0.29) is 11.9 Å². The van der Waals surface area contributed by atoms with Crippen molar-refractivity contribution < 1.29 is 4.39 Å². The fraction of sp³-hybridized carbons (Fsp3) is 0.400. The molecule has 2 heterocycles. The number of hydrogen-bond donors (Lipinski definition) is 1. The summed E-state index contributed by atoms with van der Waals surface area (Å²) in [5.41, 5.74) is 0.944. The molecule has 21 heavy (non-hydrogen) atoms. The summed E-state index contributed by atoms with van der Waals surface area (Å²) in [6.07, 6.45) is 3.76. The molecule has 0 bridgehead atoms. The maximum Gasteiger partial charge on any atom is 0.127 e. The zero-order valence-corrected chi connectivity index (χ0v) is 12.6. The van der Waals surface area contributed by atoms with Crippen LogP contribution in [0.4, 0.5) is 4.39 Å². The Balaban J connectivity index is 1.83. The molecule has 1 fully saturated rings. The molecule has 1 aromatic heterocycles. The van der Waals surface area contributed by atoms with Crippen molar-refractivity contribution in [1.29, 1.82) is 0 Å². The van der Waals surface area contributed by atoms with Crippen LogP contribution in [-0.4, -0.2) is 34.1 Å². The number of aryl methyl sites for hydroxylation is 1. The second kappa shape index (κ2) is 6.13. The Hall–Kier alpha value is -1.43. The van der Waals surface area contributed by atoms with Gasteiger partial charge in [0.1, 0.15) is 11.6 Å². The van der Waals surface area contributed by atoms with E-state index in [1.807, 2.05) is 24.0 Å². The molecule has 1 saturated heterocycles. The number of nitrogens with zero attached hydrogens (tertiary/aromatic N) is 3. The Morgan fingerprint density at radius 1 is 1.48 bits per heavy atom. The molecule has 6 heteroatoms. The van der Waals surface area contributed by atoms with Crippen LogP contribution in [0.1, 0.15) is 17.4 Å². The third-order valence-electron chi connectivity index (χ3n) is 3.90. The lowest BCUT2D eigenvalue weighted by Crippen LogP contribution is -2.46. The van der Waals surface area contributed by atoms with E-state index in [9.17, 15) is 4.39 Å². The van der Waals surface area contributed by atoms with Crippen molar-refractivity contribution in [2.75, 3.05) is 19.6 Å². The zero-order chi connectivity index (χ0) is 14.8. The Morgan fingerprint density at radius 3 is 3.05 bits per heavy atom. The van der Waals surface area contributed by atoms with Crippen LogP contribution in [-0.2, 0) is 13.6 Å². The lowest BCUT2D eigenvalue weighted by Gasteiger charge is -2.35. The van der Waals surface area contributed by atoms with Gasteiger partial charge in [-0.25, -0.2) is 9.37 Å². The molecule has 1 unspecified atom stereocenters. The van der Waals surface area contributed by atoms with E-state index in [4.69, 9.17) is 11.6 Å². The van der Waals surface area contributed by atoms with Crippen LogP contribution in [0.5, 0.6) is 0 Å². The Kier molecular flexibility index (Phi) is 4.24. The van der Waals surface area contributed by atoms with Gasteiger partial charge in [0.15, 0.2) is 0 Å². The summed E-state index contributed by atoms with van der Waals surface area (Å²) in [6, 6.07) is 4.78. The van der Waals surface area contributed by atoms with Gasteiger partial charge in [0.25, 0.3) is 0 Å². The van der Waals surface area contributed by atoms with Crippen molar-refractivity contribution in [2.45, 2.75) is 12.6 Å². The second-order valence-corrected chi connectivity index (χ2v) is 5.73. The topological polar surface area (TPSA) is 33.1 Å². The first-order valence-corrected chi connectivity index (χ1v) is 7.39. The molecule has 1 atom stereocenters. The summed E-state index contributed by atoms with van der Waals surface area (Å²) in [4.78, 5) is 6.79. The summed E-state index contributed by atoms with van der Waals surface area (Å²) in [5, 5.41) is 3.88. The standard InChI is InChI=1S/C15H18ClFN4/c1-20-6-5-19-15(20)14-9-18-4-7-21(14)10-11-2-3-12(17)8-13(11)16/h2-3,5-6,8,14,18H,4,7,9-10H2,1H3. The molecule has 0 saturated carbocycles. The number of benzene rings is 1. The second-order valence-electron chi connectivity index (χ2n) is 5.32. The minimum atomic E-state index is -0.301. The summed E-state index contributed by atoms with van der Waals surface area (Å²) < 4.78 is 15.2. The molecule has 1 aliphatic heterocycles. The molecule has 1 aromatic carbocycles. The number of piperazine rings is 1. The predicted octanol–water partition coefficient (Wildman–Crippen LogP) is 2.36. The van der Waals surface area contributed by atoms with Crippen molar-refractivity contribution in [3.05, 3.63) is 52.8 Å². The zero-order valence-electron chi connectivity index (χ0n) is 11.9. The van der Waals surface area contributed by atoms with Gasteiger partial charge in [0, 0.05) is 50.6 Å². The molecule has 4 nitrogen and oxygen atoms in total. The molecule has 3 rings (SSSR count). The number of nitrogens with one attached hydrogen (secondary N) is 1. The van der Waals surface area contributed by atoms with Gasteiger partial charge in [-0.05, 0) is 17.7 Å². The van der Waals surface area contributed by atoms with Crippen molar-refractivity contribution >= 4 is 11.6 Å². The summed E-state index contributed by atoms with van der Waals surface area (Å²) >= 11 is 6.15. The molecule has 0 amide bonds. The van der Waals surface area contributed by atoms with Gasteiger partial charge in [-0.2, -0.15) is 0 Å². The van der Waals surface area contributed by atoms with Crippen LogP contribution < -0.4 is 5.32 Å². The van der Waals surface area contributed by atoms with Crippen LogP contribution in [0.3, 0.4) is 0 Å². The van der Waals surface area contributed by atoms with E-state index in [1.54, 1.807) is 6.07 Å². The third-order valence-corrected chi connectivity index (χ3v) is 4.25. The predicted molar refractivity (Wildman–Crippen MR) is 80.6 cm³/mol. The molecular formula is C15H18ClFN4. The molecule has 0 radical (unpaired) electrons. The van der Waals surface area contributed by atoms with E-state index in [2.05, 4.69) is 15.2 Å². The van der Waals surface area contributed by atoms with Crippen LogP contribution in [0.15, 0.2) is 30.6 Å². The molecule has 1 N–H and O–H groups in total. The number of imidazole rings is 1. The van der Waals surface area contributed by atoms with Gasteiger partial charge in [-0.15, -0.1) is 0 Å². The summed E-state index contributed by atoms with van der Waals surface area (Å²) in [7, 11) is 2.00. The first-order chi connectivity index (χ1) is 10.1. The van der Waals surface area contributed by atoms with Gasteiger partial charge >= 0.3 is 0 Å². The highest BCUT2D eigenvalue weighted by Crippen LogP contribution is 2.25. The minimum absolute atomic E-state index is 0.194. The Morgan fingerprint density at radius 2 is 2.33 bits per heavy atom. The first kappa shape index (κ1) is 14.5. The van der Waals surface area contributed by atoms with E-state index < -0.39 is 0 Å². The molecule has 0 aliphatic carbocycles. The SMILES string of the molecule is Cn1ccnc1C1CNCCN1Cc1ccc(F)cc1Cl. The van der Waals surface area contributed by atoms with Gasteiger partial charge in [0.05, 0.1) is 6.04 Å². The highest BCUT2D eigenvalue weighted by molar-refractivity contribution is 6.31. The van der Waals surface area contributed by atoms with E-state index in [0.717, 1.165) is 31.0 Å². The lowest BCUT2D eigenvalue weighted by atomic mass is 10.1. The van der Waals surface area contributed by atoms with Gasteiger partial charge in [0.2, 0.25) is 0 Å². The van der Waals surface area contributed by atoms with E-state index in [0.29, 0.717) is 11.6 Å². The van der Waals surface area contributed by atoms with Crippen LogP contribution in [0, 0.1) is 5.82 Å². The summed E-state index contributed by atoms with van der Waals surface area (Å²) in [6.45, 7) is 3.38. The first-order valence-electron chi connectivity index (χ1n) is 7.01. The molecule has 1 aliphatic rings. The average molecular weight is 309 g/mol. The quantitative estimate of drug-likeness (QED) is 0.945. The highest BCUT2D eigenvalue weighted by Gasteiger charge is 2.27. The maximum atomic E-state index is 13.2. The highest BCUT2D eigenvalue weighted by atomic mass is 35.5.